The van der Waals surface area contributed by atoms with Gasteiger partial charge in [0.1, 0.15) is 5.60 Å². The summed E-state index contributed by atoms with van der Waals surface area (Å²) in [7, 11) is 2.12. The average molecular weight is 294 g/mol. The smallest absolute Gasteiger partial charge is 0.408 e. The normalized spacial score (nSPS) is 21.3. The summed E-state index contributed by atoms with van der Waals surface area (Å²) in [6.07, 6.45) is 4.39. The van der Waals surface area contributed by atoms with Crippen molar-refractivity contribution in [3.63, 3.8) is 0 Å². The molecular weight excluding hydrogens is 268 g/mol. The summed E-state index contributed by atoms with van der Waals surface area (Å²) in [4.78, 5) is 18.4. The van der Waals surface area contributed by atoms with E-state index in [0.717, 1.165) is 25.2 Å². The number of aromatic nitrogens is 2. The number of likely N-dealkylation sites (N-methyl/N-ethyl adjacent to an activating group) is 1. The van der Waals surface area contributed by atoms with Gasteiger partial charge in [-0.1, -0.05) is 0 Å². The van der Waals surface area contributed by atoms with E-state index in [2.05, 4.69) is 26.8 Å². The number of rotatable bonds is 3. The van der Waals surface area contributed by atoms with E-state index < -0.39 is 11.7 Å². The van der Waals surface area contributed by atoms with Crippen molar-refractivity contribution in [2.45, 2.75) is 51.8 Å². The van der Waals surface area contributed by atoms with Crippen LogP contribution in [-0.4, -0.2) is 46.3 Å². The maximum Gasteiger partial charge on any atom is 0.408 e. The molecule has 2 rings (SSSR count). The summed E-state index contributed by atoms with van der Waals surface area (Å²) < 4.78 is 7.47. The number of carbonyl (C=O) groups excluding carboxylic acids is 1. The minimum absolute atomic E-state index is 0.131. The van der Waals surface area contributed by atoms with Crippen LogP contribution in [0.5, 0.6) is 0 Å². The van der Waals surface area contributed by atoms with Crippen molar-refractivity contribution in [3.8, 4) is 0 Å². The van der Waals surface area contributed by atoms with E-state index in [1.54, 1.807) is 0 Å². The number of alkyl carbamates (subject to hydrolysis) is 1. The molecule has 118 valence electrons. The zero-order chi connectivity index (χ0) is 15.6. The Bertz CT molecular complexity index is 492. The predicted octanol–water partition coefficient (Wildman–Crippen LogP) is 2.35. The number of hydrogen-bond acceptors (Lipinski definition) is 4. The molecule has 1 aromatic rings. The maximum absolute atomic E-state index is 11.9. The first-order chi connectivity index (χ1) is 9.76. The van der Waals surface area contributed by atoms with Crippen molar-refractivity contribution >= 4 is 6.09 Å². The number of imidazole rings is 1. The van der Waals surface area contributed by atoms with Gasteiger partial charge in [-0.05, 0) is 47.7 Å². The number of carbonyl (C=O) groups is 1. The molecule has 2 heterocycles. The molecule has 1 fully saturated rings. The Morgan fingerprint density at radius 1 is 1.52 bits per heavy atom. The Hall–Kier alpha value is -1.56. The first-order valence-corrected chi connectivity index (χ1v) is 7.46. The third-order valence-corrected chi connectivity index (χ3v) is 3.63. The van der Waals surface area contributed by atoms with Crippen molar-refractivity contribution in [2.24, 2.45) is 0 Å². The van der Waals surface area contributed by atoms with Crippen LogP contribution in [0.4, 0.5) is 4.79 Å². The summed E-state index contributed by atoms with van der Waals surface area (Å²) in [5.41, 5.74) is 0.527. The summed E-state index contributed by atoms with van der Waals surface area (Å²) in [5.74, 6) is 0. The Labute approximate surface area is 126 Å². The molecule has 2 atom stereocenters. The number of hydrogen-bond donors (Lipinski definition) is 1. The van der Waals surface area contributed by atoms with E-state index in [4.69, 9.17) is 4.74 Å². The Morgan fingerprint density at radius 2 is 2.24 bits per heavy atom. The number of ether oxygens (including phenoxy) is 1. The summed E-state index contributed by atoms with van der Waals surface area (Å²) in [6, 6.07) is 0.295. The molecule has 1 saturated heterocycles. The van der Waals surface area contributed by atoms with Crippen LogP contribution < -0.4 is 5.32 Å². The highest BCUT2D eigenvalue weighted by molar-refractivity contribution is 5.68. The molecule has 0 aliphatic carbocycles. The van der Waals surface area contributed by atoms with Crippen molar-refractivity contribution in [2.75, 3.05) is 20.1 Å². The summed E-state index contributed by atoms with van der Waals surface area (Å²) in [5, 5.41) is 2.88. The maximum atomic E-state index is 11.9. The molecule has 21 heavy (non-hydrogen) atoms. The van der Waals surface area contributed by atoms with Crippen LogP contribution in [0.3, 0.4) is 0 Å². The van der Waals surface area contributed by atoms with Crippen LogP contribution in [0.15, 0.2) is 12.5 Å². The van der Waals surface area contributed by atoms with E-state index >= 15 is 0 Å². The fraction of sp³-hybridized carbons (Fsp3) is 0.733. The van der Waals surface area contributed by atoms with E-state index in [9.17, 15) is 4.79 Å². The molecule has 1 N–H and O–H groups in total. The van der Waals surface area contributed by atoms with Gasteiger partial charge in [0.2, 0.25) is 0 Å². The highest BCUT2D eigenvalue weighted by Gasteiger charge is 2.25. The second-order valence-corrected chi connectivity index (χ2v) is 6.80. The van der Waals surface area contributed by atoms with Gasteiger partial charge in [0.15, 0.2) is 0 Å². The molecule has 6 nitrogen and oxygen atoms in total. The van der Waals surface area contributed by atoms with Gasteiger partial charge in [-0.15, -0.1) is 0 Å². The van der Waals surface area contributed by atoms with Gasteiger partial charge >= 0.3 is 6.09 Å². The molecule has 1 unspecified atom stereocenters. The zero-order valence-corrected chi connectivity index (χ0v) is 13.6. The van der Waals surface area contributed by atoms with Crippen LogP contribution in [0.25, 0.3) is 0 Å². The van der Waals surface area contributed by atoms with Crippen LogP contribution in [-0.2, 0) is 4.74 Å². The Balaban J connectivity index is 2.02. The van der Waals surface area contributed by atoms with E-state index in [0.29, 0.717) is 6.04 Å². The lowest BCUT2D eigenvalue weighted by molar-refractivity contribution is 0.0506. The standard InChI is InChI=1S/C15H26N4O2/c1-11(17-14(20)21-15(2,3)4)13-8-16-10-19(13)12-6-7-18(5)9-12/h8,10-12H,6-7,9H2,1-5H3,(H,17,20)/t11-,12?/m1/s1. The molecule has 1 aliphatic rings. The van der Waals surface area contributed by atoms with Crippen LogP contribution in [0.2, 0.25) is 0 Å². The number of nitrogens with zero attached hydrogens (tertiary/aromatic N) is 3. The molecule has 1 aliphatic heterocycles. The van der Waals surface area contributed by atoms with Gasteiger partial charge in [0, 0.05) is 12.6 Å². The molecule has 0 radical (unpaired) electrons. The largest absolute Gasteiger partial charge is 0.444 e. The highest BCUT2D eigenvalue weighted by Crippen LogP contribution is 2.24. The van der Waals surface area contributed by atoms with Crippen LogP contribution >= 0.6 is 0 Å². The first kappa shape index (κ1) is 15.8. The van der Waals surface area contributed by atoms with Gasteiger partial charge in [0.05, 0.1) is 24.3 Å². The van der Waals surface area contributed by atoms with E-state index in [1.165, 1.54) is 0 Å². The van der Waals surface area contributed by atoms with Gasteiger partial charge in [-0.25, -0.2) is 9.78 Å². The van der Waals surface area contributed by atoms with Gasteiger partial charge < -0.3 is 19.5 Å². The van der Waals surface area contributed by atoms with Crippen LogP contribution in [0.1, 0.15) is 51.9 Å². The summed E-state index contributed by atoms with van der Waals surface area (Å²) in [6.45, 7) is 9.64. The topological polar surface area (TPSA) is 59.4 Å². The minimum Gasteiger partial charge on any atom is -0.444 e. The molecule has 1 amide bonds. The van der Waals surface area contributed by atoms with Crippen molar-refractivity contribution in [1.82, 2.24) is 19.8 Å². The van der Waals surface area contributed by atoms with Gasteiger partial charge in [-0.2, -0.15) is 0 Å². The Kier molecular flexibility index (Phi) is 4.56. The second-order valence-electron chi connectivity index (χ2n) is 6.80. The molecule has 0 spiro atoms. The SMILES string of the molecule is C[C@@H](NC(=O)OC(C)(C)C)c1cncn1C1CCN(C)C1. The molecule has 1 aromatic heterocycles. The lowest BCUT2D eigenvalue weighted by Gasteiger charge is -2.23. The Morgan fingerprint density at radius 3 is 2.81 bits per heavy atom. The van der Waals surface area contributed by atoms with Gasteiger partial charge in [0.25, 0.3) is 0 Å². The van der Waals surface area contributed by atoms with E-state index in [1.807, 2.05) is 40.2 Å². The lowest BCUT2D eigenvalue weighted by Crippen LogP contribution is -2.35. The second kappa shape index (κ2) is 6.05. The molecular formula is C15H26N4O2. The highest BCUT2D eigenvalue weighted by atomic mass is 16.6. The average Bonchev–Trinajstić information content (AvgIpc) is 2.93. The monoisotopic (exact) mass is 294 g/mol. The molecule has 0 bridgehead atoms. The molecule has 0 saturated carbocycles. The fourth-order valence-electron chi connectivity index (χ4n) is 2.65. The number of likely N-dealkylation sites (tertiary alicyclic amines) is 1. The zero-order valence-electron chi connectivity index (χ0n) is 13.6. The van der Waals surface area contributed by atoms with Crippen molar-refractivity contribution < 1.29 is 9.53 Å². The quantitative estimate of drug-likeness (QED) is 0.929. The van der Waals surface area contributed by atoms with Crippen molar-refractivity contribution in [3.05, 3.63) is 18.2 Å². The molecule has 0 aromatic carbocycles. The lowest BCUT2D eigenvalue weighted by atomic mass is 10.2. The fourth-order valence-corrected chi connectivity index (χ4v) is 2.65. The summed E-state index contributed by atoms with van der Waals surface area (Å²) >= 11 is 0. The van der Waals surface area contributed by atoms with Gasteiger partial charge in [-0.3, -0.25) is 0 Å². The van der Waals surface area contributed by atoms with E-state index in [-0.39, 0.29) is 6.04 Å². The van der Waals surface area contributed by atoms with Crippen LogP contribution in [0, 0.1) is 0 Å². The third-order valence-electron chi connectivity index (χ3n) is 3.63. The third kappa shape index (κ3) is 4.20. The predicted molar refractivity (Wildman–Crippen MR) is 81.2 cm³/mol. The number of amides is 1. The first-order valence-electron chi connectivity index (χ1n) is 7.46. The molecule has 6 heteroatoms. The number of nitrogens with one attached hydrogen (secondary N) is 1. The minimum atomic E-state index is -0.488. The van der Waals surface area contributed by atoms with Crippen molar-refractivity contribution in [1.29, 1.82) is 0 Å².